The first-order valence-corrected chi connectivity index (χ1v) is 5.80. The molecule has 0 bridgehead atoms. The van der Waals surface area contributed by atoms with Crippen LogP contribution in [-0.2, 0) is 14.3 Å². The standard InChI is InChI=1S/C14H16N2O4/c1-14(2,3)20-13(19)11(12(17)18)16-10-6-4-5-9(7-10)8-15/h4-7,11,16H,1-3H3,(H,17,18)/i1D. The molecule has 2 N–H and O–H groups in total. The quantitative estimate of drug-likeness (QED) is 0.642. The normalized spacial score (nSPS) is 12.8. The summed E-state index contributed by atoms with van der Waals surface area (Å²) in [5, 5.41) is 20.4. The molecule has 0 radical (unpaired) electrons. The summed E-state index contributed by atoms with van der Waals surface area (Å²) < 4.78 is 12.2. The number of nitriles is 1. The van der Waals surface area contributed by atoms with E-state index in [1.54, 1.807) is 18.2 Å². The van der Waals surface area contributed by atoms with Gasteiger partial charge in [0.25, 0.3) is 0 Å². The Bertz CT molecular complexity index is 581. The van der Waals surface area contributed by atoms with Crippen LogP contribution in [0, 0.1) is 11.3 Å². The summed E-state index contributed by atoms with van der Waals surface area (Å²) in [5.74, 6) is -2.38. The number of benzene rings is 1. The Morgan fingerprint density at radius 3 is 2.80 bits per heavy atom. The number of carbonyl (C=O) groups is 2. The molecular weight excluding hydrogens is 260 g/mol. The second kappa shape index (κ2) is 6.06. The summed E-state index contributed by atoms with van der Waals surface area (Å²) in [6, 6.07) is 6.41. The molecule has 20 heavy (non-hydrogen) atoms. The van der Waals surface area contributed by atoms with Gasteiger partial charge in [0.05, 0.1) is 11.6 Å². The third kappa shape index (κ3) is 4.61. The molecular formula is C14H16N2O4. The highest BCUT2D eigenvalue weighted by atomic mass is 16.6. The van der Waals surface area contributed by atoms with Gasteiger partial charge in [0.1, 0.15) is 5.60 Å². The van der Waals surface area contributed by atoms with Gasteiger partial charge in [-0.1, -0.05) is 6.07 Å². The van der Waals surface area contributed by atoms with Gasteiger partial charge in [0.15, 0.2) is 0 Å². The highest BCUT2D eigenvalue weighted by molar-refractivity contribution is 6.01. The zero-order valence-electron chi connectivity index (χ0n) is 12.2. The highest BCUT2D eigenvalue weighted by Crippen LogP contribution is 2.14. The van der Waals surface area contributed by atoms with Crippen LogP contribution >= 0.6 is 0 Å². The van der Waals surface area contributed by atoms with Crippen LogP contribution in [0.1, 0.15) is 27.7 Å². The van der Waals surface area contributed by atoms with E-state index in [0.29, 0.717) is 11.3 Å². The Balaban J connectivity index is 2.90. The highest BCUT2D eigenvalue weighted by Gasteiger charge is 2.31. The van der Waals surface area contributed by atoms with Crippen molar-refractivity contribution in [2.75, 3.05) is 5.32 Å². The summed E-state index contributed by atoms with van der Waals surface area (Å²) >= 11 is 0. The summed E-state index contributed by atoms with van der Waals surface area (Å²) in [6.07, 6.45) is 0. The molecule has 1 rings (SSSR count). The van der Waals surface area contributed by atoms with Crippen LogP contribution in [0.25, 0.3) is 0 Å². The van der Waals surface area contributed by atoms with Crippen molar-refractivity contribution in [2.45, 2.75) is 32.4 Å². The second-order valence-corrected chi connectivity index (χ2v) is 4.79. The smallest absolute Gasteiger partial charge is 0.340 e. The lowest BCUT2D eigenvalue weighted by Crippen LogP contribution is -2.42. The number of carboxylic acid groups (broad SMARTS) is 1. The molecule has 1 atom stereocenters. The van der Waals surface area contributed by atoms with E-state index >= 15 is 0 Å². The molecule has 106 valence electrons. The van der Waals surface area contributed by atoms with Crippen LogP contribution in [0.4, 0.5) is 5.69 Å². The first-order chi connectivity index (χ1) is 9.79. The molecule has 0 amide bonds. The summed E-state index contributed by atoms with van der Waals surface area (Å²) in [7, 11) is 0. The van der Waals surface area contributed by atoms with E-state index in [-0.39, 0.29) is 6.90 Å². The number of rotatable bonds is 4. The number of carboxylic acids is 1. The number of hydrogen-bond donors (Lipinski definition) is 2. The lowest BCUT2D eigenvalue weighted by molar-refractivity contribution is -0.160. The Kier molecular flexibility index (Phi) is 4.20. The maximum Gasteiger partial charge on any atom is 0.340 e. The number of anilines is 1. The predicted octanol–water partition coefficient (Wildman–Crippen LogP) is 1.77. The van der Waals surface area contributed by atoms with Crippen molar-refractivity contribution < 1.29 is 20.8 Å². The lowest BCUT2D eigenvalue weighted by Gasteiger charge is -2.23. The molecule has 6 nitrogen and oxygen atoms in total. The minimum absolute atomic E-state index is 0.186. The molecule has 0 aliphatic heterocycles. The molecule has 0 spiro atoms. The minimum Gasteiger partial charge on any atom is -0.479 e. The van der Waals surface area contributed by atoms with E-state index in [1.807, 2.05) is 6.07 Å². The van der Waals surface area contributed by atoms with Crippen LogP contribution in [0.2, 0.25) is 0 Å². The van der Waals surface area contributed by atoms with Crippen LogP contribution in [0.5, 0.6) is 0 Å². The molecule has 0 aliphatic rings. The summed E-state index contributed by atoms with van der Waals surface area (Å²) in [5.41, 5.74) is -0.410. The van der Waals surface area contributed by atoms with Gasteiger partial charge in [0, 0.05) is 7.06 Å². The fourth-order valence-corrected chi connectivity index (χ4v) is 1.40. The molecule has 0 fully saturated rings. The third-order valence-electron chi connectivity index (χ3n) is 2.16. The molecule has 1 aromatic rings. The number of carbonyl (C=O) groups excluding carboxylic acids is 1. The summed E-state index contributed by atoms with van der Waals surface area (Å²) in [4.78, 5) is 23.1. The van der Waals surface area contributed by atoms with Crippen molar-refractivity contribution in [1.29, 1.82) is 5.26 Å². The van der Waals surface area contributed by atoms with Crippen molar-refractivity contribution >= 4 is 17.6 Å². The maximum atomic E-state index is 11.9. The predicted molar refractivity (Wildman–Crippen MR) is 72.0 cm³/mol. The van der Waals surface area contributed by atoms with Crippen molar-refractivity contribution in [3.05, 3.63) is 29.8 Å². The van der Waals surface area contributed by atoms with E-state index in [2.05, 4.69) is 5.32 Å². The zero-order chi connectivity index (χ0) is 16.0. The van der Waals surface area contributed by atoms with Crippen LogP contribution in [-0.4, -0.2) is 28.7 Å². The average molecular weight is 277 g/mol. The van der Waals surface area contributed by atoms with Crippen LogP contribution in [0.3, 0.4) is 0 Å². The van der Waals surface area contributed by atoms with Gasteiger partial charge < -0.3 is 15.2 Å². The number of hydrogen-bond acceptors (Lipinski definition) is 5. The van der Waals surface area contributed by atoms with Gasteiger partial charge in [-0.05, 0) is 38.9 Å². The maximum absolute atomic E-state index is 11.9. The molecule has 1 unspecified atom stereocenters. The topological polar surface area (TPSA) is 99.4 Å². The molecule has 0 aliphatic carbocycles. The third-order valence-corrected chi connectivity index (χ3v) is 2.16. The Labute approximate surface area is 118 Å². The second-order valence-electron chi connectivity index (χ2n) is 4.79. The van der Waals surface area contributed by atoms with Gasteiger partial charge in [-0.3, -0.25) is 0 Å². The van der Waals surface area contributed by atoms with Gasteiger partial charge in [0.2, 0.25) is 6.04 Å². The van der Waals surface area contributed by atoms with Crippen molar-refractivity contribution in [3.63, 3.8) is 0 Å². The molecule has 0 saturated heterocycles. The van der Waals surface area contributed by atoms with Gasteiger partial charge >= 0.3 is 11.9 Å². The monoisotopic (exact) mass is 277 g/mol. The zero-order valence-corrected chi connectivity index (χ0v) is 11.2. The molecule has 0 heterocycles. The van der Waals surface area contributed by atoms with E-state index in [4.69, 9.17) is 16.5 Å². The number of ether oxygens (including phenoxy) is 1. The Hall–Kier alpha value is -2.55. The Morgan fingerprint density at radius 2 is 2.25 bits per heavy atom. The molecule has 6 heteroatoms. The van der Waals surface area contributed by atoms with Crippen LogP contribution < -0.4 is 5.32 Å². The fourth-order valence-electron chi connectivity index (χ4n) is 1.40. The fraction of sp³-hybridized carbons (Fsp3) is 0.357. The first-order valence-electron chi connectivity index (χ1n) is 6.51. The van der Waals surface area contributed by atoms with Gasteiger partial charge in [-0.25, -0.2) is 9.59 Å². The van der Waals surface area contributed by atoms with Gasteiger partial charge in [-0.2, -0.15) is 5.26 Å². The summed E-state index contributed by atoms with van der Waals surface area (Å²) in [6.45, 7) is 2.86. The number of nitrogens with one attached hydrogen (secondary N) is 1. The van der Waals surface area contributed by atoms with Crippen molar-refractivity contribution in [2.24, 2.45) is 0 Å². The van der Waals surface area contributed by atoms with E-state index in [9.17, 15) is 9.59 Å². The Morgan fingerprint density at radius 1 is 1.55 bits per heavy atom. The number of aliphatic carboxylic acids is 1. The first kappa shape index (κ1) is 13.9. The van der Waals surface area contributed by atoms with Crippen molar-refractivity contribution in [3.8, 4) is 6.07 Å². The van der Waals surface area contributed by atoms with Crippen LogP contribution in [0.15, 0.2) is 24.3 Å². The average Bonchev–Trinajstić information content (AvgIpc) is 2.44. The SMILES string of the molecule is [2H]CC(C)(C)OC(=O)C(Nc1cccc(C#N)c1)C(=O)O. The molecule has 0 saturated carbocycles. The largest absolute Gasteiger partial charge is 0.479 e. The molecule has 0 aromatic heterocycles. The van der Waals surface area contributed by atoms with E-state index in [1.165, 1.54) is 19.9 Å². The number of nitrogens with zero attached hydrogens (tertiary/aromatic N) is 1. The van der Waals surface area contributed by atoms with Gasteiger partial charge in [-0.15, -0.1) is 0 Å². The lowest BCUT2D eigenvalue weighted by atomic mass is 10.1. The van der Waals surface area contributed by atoms with E-state index < -0.39 is 23.6 Å². The minimum atomic E-state index is -1.61. The van der Waals surface area contributed by atoms with Crippen molar-refractivity contribution in [1.82, 2.24) is 0 Å². The van der Waals surface area contributed by atoms with E-state index in [0.717, 1.165) is 0 Å². The molecule has 1 aromatic carbocycles. The number of esters is 1.